The fourth-order valence-electron chi connectivity index (χ4n) is 3.42. The van der Waals surface area contributed by atoms with E-state index in [0.717, 1.165) is 22.6 Å². The summed E-state index contributed by atoms with van der Waals surface area (Å²) < 4.78 is 6.78. The highest BCUT2D eigenvalue weighted by atomic mass is 16.5. The Balaban J connectivity index is 1.79. The van der Waals surface area contributed by atoms with Crippen LogP contribution in [0.5, 0.6) is 0 Å². The third-order valence-corrected chi connectivity index (χ3v) is 4.63. The molecule has 1 aliphatic heterocycles. The molecule has 0 spiro atoms. The van der Waals surface area contributed by atoms with E-state index in [1.165, 1.54) is 7.11 Å². The first kappa shape index (κ1) is 15.4. The topological polar surface area (TPSA) is 63.9 Å². The van der Waals surface area contributed by atoms with Gasteiger partial charge in [0.25, 0.3) is 5.91 Å². The van der Waals surface area contributed by atoms with Crippen molar-refractivity contribution < 1.29 is 14.3 Å². The first-order chi connectivity index (χ1) is 12.1. The number of methoxy groups -OCH3 is 1. The Morgan fingerprint density at radius 3 is 2.72 bits per heavy atom. The number of pyridine rings is 1. The molecule has 2 aromatic heterocycles. The first-order valence-electron chi connectivity index (χ1n) is 8.04. The minimum atomic E-state index is -0.472. The van der Waals surface area contributed by atoms with E-state index in [-0.39, 0.29) is 18.4 Å². The molecule has 1 atom stereocenters. The molecule has 6 heteroatoms. The number of rotatable bonds is 2. The van der Waals surface area contributed by atoms with Crippen molar-refractivity contribution >= 4 is 23.1 Å². The van der Waals surface area contributed by atoms with Crippen LogP contribution >= 0.6 is 0 Å². The second-order valence-corrected chi connectivity index (χ2v) is 6.01. The molecule has 0 fully saturated rings. The number of esters is 1. The second-order valence-electron chi connectivity index (χ2n) is 6.01. The van der Waals surface area contributed by atoms with Crippen LogP contribution in [0.15, 0.2) is 48.7 Å². The van der Waals surface area contributed by atoms with Crippen LogP contribution in [0.3, 0.4) is 0 Å². The van der Waals surface area contributed by atoms with Gasteiger partial charge in [-0.15, -0.1) is 0 Å². The zero-order chi connectivity index (χ0) is 17.6. The maximum Gasteiger partial charge on any atom is 0.315 e. The van der Waals surface area contributed by atoms with Crippen molar-refractivity contribution in [1.82, 2.24) is 9.38 Å². The number of benzene rings is 1. The van der Waals surface area contributed by atoms with Gasteiger partial charge in [-0.05, 0) is 30.7 Å². The minimum absolute atomic E-state index is 0.212. The molecule has 1 aliphatic rings. The lowest BCUT2D eigenvalue weighted by molar-refractivity contribution is -0.141. The van der Waals surface area contributed by atoms with Gasteiger partial charge in [0.1, 0.15) is 11.7 Å². The number of carbonyl (C=O) groups is 2. The molecule has 4 rings (SSSR count). The quantitative estimate of drug-likeness (QED) is 0.675. The van der Waals surface area contributed by atoms with E-state index in [9.17, 15) is 9.59 Å². The van der Waals surface area contributed by atoms with Gasteiger partial charge in [0, 0.05) is 18.4 Å². The van der Waals surface area contributed by atoms with Crippen molar-refractivity contribution in [1.29, 1.82) is 0 Å². The number of nitrogens with zero attached hydrogens (tertiary/aromatic N) is 3. The molecule has 0 bridgehead atoms. The standard InChI is InChI=1S/C19H17N3O3/c1-12-20-17(16-9-5-6-10-21(12)16)18(23)22-11-14(19(24)25-2)13-7-3-4-8-15(13)22/h3-10,14H,11H2,1-2H3. The van der Waals surface area contributed by atoms with Crippen molar-refractivity contribution in [2.45, 2.75) is 12.8 Å². The third kappa shape index (κ3) is 2.29. The van der Waals surface area contributed by atoms with Crippen molar-refractivity contribution in [2.24, 2.45) is 0 Å². The van der Waals surface area contributed by atoms with Gasteiger partial charge < -0.3 is 14.0 Å². The smallest absolute Gasteiger partial charge is 0.315 e. The van der Waals surface area contributed by atoms with Crippen molar-refractivity contribution in [3.8, 4) is 0 Å². The Hall–Kier alpha value is -3.15. The number of anilines is 1. The number of carbonyl (C=O) groups excluding carboxylic acids is 2. The van der Waals surface area contributed by atoms with Gasteiger partial charge in [-0.3, -0.25) is 9.59 Å². The van der Waals surface area contributed by atoms with E-state index >= 15 is 0 Å². The Morgan fingerprint density at radius 2 is 1.92 bits per heavy atom. The Kier molecular flexibility index (Phi) is 3.53. The number of ether oxygens (including phenoxy) is 1. The number of para-hydroxylation sites is 1. The van der Waals surface area contributed by atoms with E-state index < -0.39 is 5.92 Å². The van der Waals surface area contributed by atoms with Gasteiger partial charge in [0.05, 0.1) is 12.6 Å². The van der Waals surface area contributed by atoms with Crippen LogP contribution < -0.4 is 4.90 Å². The van der Waals surface area contributed by atoms with Gasteiger partial charge >= 0.3 is 5.97 Å². The molecule has 1 aromatic carbocycles. The summed E-state index contributed by atoms with van der Waals surface area (Å²) in [4.78, 5) is 31.4. The molecule has 25 heavy (non-hydrogen) atoms. The maximum absolute atomic E-state index is 13.2. The summed E-state index contributed by atoms with van der Waals surface area (Å²) in [6.07, 6.45) is 1.88. The number of hydrogen-bond acceptors (Lipinski definition) is 4. The van der Waals surface area contributed by atoms with Crippen molar-refractivity contribution in [3.05, 3.63) is 65.7 Å². The molecule has 0 N–H and O–H groups in total. The molecular formula is C19H17N3O3. The lowest BCUT2D eigenvalue weighted by Crippen LogP contribution is -2.32. The van der Waals surface area contributed by atoms with E-state index in [0.29, 0.717) is 5.69 Å². The van der Waals surface area contributed by atoms with Gasteiger partial charge in [0.15, 0.2) is 5.69 Å². The van der Waals surface area contributed by atoms with Crippen LogP contribution in [0, 0.1) is 6.92 Å². The summed E-state index contributed by atoms with van der Waals surface area (Å²) in [5.74, 6) is -0.277. The van der Waals surface area contributed by atoms with Crippen LogP contribution in [0.4, 0.5) is 5.69 Å². The first-order valence-corrected chi connectivity index (χ1v) is 8.04. The zero-order valence-corrected chi connectivity index (χ0v) is 14.0. The summed E-state index contributed by atoms with van der Waals surface area (Å²) in [6.45, 7) is 2.12. The molecule has 3 aromatic rings. The van der Waals surface area contributed by atoms with E-state index in [2.05, 4.69) is 4.98 Å². The number of aromatic nitrogens is 2. The number of hydrogen-bond donors (Lipinski definition) is 0. The monoisotopic (exact) mass is 335 g/mol. The molecule has 0 aliphatic carbocycles. The van der Waals surface area contributed by atoms with E-state index in [1.54, 1.807) is 4.90 Å². The van der Waals surface area contributed by atoms with Gasteiger partial charge in [-0.25, -0.2) is 4.98 Å². The number of amides is 1. The highest BCUT2D eigenvalue weighted by Gasteiger charge is 2.38. The molecule has 0 radical (unpaired) electrons. The molecule has 3 heterocycles. The van der Waals surface area contributed by atoms with Crippen LogP contribution in [0.1, 0.15) is 27.8 Å². The average molecular weight is 335 g/mol. The molecule has 0 saturated carbocycles. The summed E-state index contributed by atoms with van der Waals surface area (Å²) in [6, 6.07) is 13.1. The Morgan fingerprint density at radius 1 is 1.16 bits per heavy atom. The van der Waals surface area contributed by atoms with Gasteiger partial charge in [-0.1, -0.05) is 24.3 Å². The highest BCUT2D eigenvalue weighted by molar-refractivity contribution is 6.11. The molecule has 6 nitrogen and oxygen atoms in total. The van der Waals surface area contributed by atoms with Crippen molar-refractivity contribution in [3.63, 3.8) is 0 Å². The number of fused-ring (bicyclic) bond motifs is 2. The molecule has 1 amide bonds. The van der Waals surface area contributed by atoms with E-state index in [1.807, 2.05) is 60.0 Å². The van der Waals surface area contributed by atoms with Gasteiger partial charge in [0.2, 0.25) is 0 Å². The molecule has 0 saturated heterocycles. The van der Waals surface area contributed by atoms with Gasteiger partial charge in [-0.2, -0.15) is 0 Å². The fraction of sp³-hybridized carbons (Fsp3) is 0.211. The molecule has 1 unspecified atom stereocenters. The summed E-state index contributed by atoms with van der Waals surface area (Å²) in [5, 5.41) is 0. The molecular weight excluding hydrogens is 318 g/mol. The largest absolute Gasteiger partial charge is 0.468 e. The third-order valence-electron chi connectivity index (χ3n) is 4.63. The predicted octanol–water partition coefficient (Wildman–Crippen LogP) is 2.56. The predicted molar refractivity (Wildman–Crippen MR) is 92.8 cm³/mol. The van der Waals surface area contributed by atoms with E-state index in [4.69, 9.17) is 4.74 Å². The second kappa shape index (κ2) is 5.73. The minimum Gasteiger partial charge on any atom is -0.468 e. The normalized spacial score (nSPS) is 16.1. The van der Waals surface area contributed by atoms with Crippen LogP contribution in [-0.4, -0.2) is 34.9 Å². The van der Waals surface area contributed by atoms with Crippen molar-refractivity contribution in [2.75, 3.05) is 18.6 Å². The zero-order valence-electron chi connectivity index (χ0n) is 14.0. The fourth-order valence-corrected chi connectivity index (χ4v) is 3.42. The van der Waals surface area contributed by atoms with Crippen LogP contribution in [-0.2, 0) is 9.53 Å². The Bertz CT molecular complexity index is 992. The lowest BCUT2D eigenvalue weighted by Gasteiger charge is -2.16. The molecule has 126 valence electrons. The van der Waals surface area contributed by atoms with Crippen LogP contribution in [0.2, 0.25) is 0 Å². The lowest BCUT2D eigenvalue weighted by atomic mass is 10.0. The SMILES string of the molecule is COC(=O)C1CN(C(=O)c2nc(C)n3ccccc23)c2ccccc21. The average Bonchev–Trinajstić information content (AvgIpc) is 3.20. The summed E-state index contributed by atoms with van der Waals surface area (Å²) >= 11 is 0. The number of aryl methyl sites for hydroxylation is 1. The Labute approximate surface area is 144 Å². The number of imidazole rings is 1. The summed E-state index contributed by atoms with van der Waals surface area (Å²) in [7, 11) is 1.36. The highest BCUT2D eigenvalue weighted by Crippen LogP contribution is 2.37. The summed E-state index contributed by atoms with van der Waals surface area (Å²) in [5.41, 5.74) is 2.68. The van der Waals surface area contributed by atoms with Crippen LogP contribution in [0.25, 0.3) is 5.52 Å². The maximum atomic E-state index is 13.2.